The third-order valence-electron chi connectivity index (χ3n) is 15.4. The molecule has 0 spiro atoms. The number of carboxylic acids is 1. The van der Waals surface area contributed by atoms with E-state index in [9.17, 15) is 39.9 Å². The molecule has 0 radical (unpaired) electrons. The van der Waals surface area contributed by atoms with Gasteiger partial charge in [0.25, 0.3) is 0 Å². The largest absolute Gasteiger partial charge is 0.481 e. The monoisotopic (exact) mass is 706 g/mol. The summed E-state index contributed by atoms with van der Waals surface area (Å²) >= 11 is 0. The first-order chi connectivity index (χ1) is 23.2. The van der Waals surface area contributed by atoms with E-state index in [-0.39, 0.29) is 36.8 Å². The number of aliphatic hydroxyl groups is 4. The Morgan fingerprint density at radius 1 is 1.00 bits per heavy atom. The van der Waals surface area contributed by atoms with Gasteiger partial charge in [-0.15, -0.1) is 0 Å². The number of ether oxygens (including phenoxy) is 4. The molecule has 0 aromatic carbocycles. The minimum absolute atomic E-state index is 0.0441. The quantitative estimate of drug-likeness (QED) is 0.148. The van der Waals surface area contributed by atoms with Gasteiger partial charge in [0.15, 0.2) is 6.29 Å². The van der Waals surface area contributed by atoms with Crippen molar-refractivity contribution in [2.24, 2.45) is 56.7 Å². The van der Waals surface area contributed by atoms with Crippen LogP contribution in [0.25, 0.3) is 0 Å². The molecule has 6 rings (SSSR count). The van der Waals surface area contributed by atoms with Crippen LogP contribution >= 0.6 is 0 Å². The average Bonchev–Trinajstić information content (AvgIpc) is 3.04. The Bertz CT molecular complexity index is 1410. The Labute approximate surface area is 294 Å². The van der Waals surface area contributed by atoms with Gasteiger partial charge in [-0.3, -0.25) is 14.4 Å². The molecule has 0 aromatic rings. The first kappa shape index (κ1) is 37.7. The molecular weight excluding hydrogens is 648 g/mol. The van der Waals surface area contributed by atoms with Crippen LogP contribution in [0.2, 0.25) is 0 Å². The Morgan fingerprint density at radius 2 is 1.68 bits per heavy atom. The number of aliphatic carboxylic acids is 1. The van der Waals surface area contributed by atoms with E-state index in [4.69, 9.17) is 18.9 Å². The fourth-order valence-electron chi connectivity index (χ4n) is 12.3. The predicted molar refractivity (Wildman–Crippen MR) is 178 cm³/mol. The van der Waals surface area contributed by atoms with Crippen LogP contribution in [0.4, 0.5) is 0 Å². The highest BCUT2D eigenvalue weighted by atomic mass is 16.7. The van der Waals surface area contributed by atoms with Crippen molar-refractivity contribution < 1.29 is 58.9 Å². The van der Waals surface area contributed by atoms with Gasteiger partial charge in [0.2, 0.25) is 0 Å². The minimum atomic E-state index is -1.67. The van der Waals surface area contributed by atoms with E-state index in [0.29, 0.717) is 18.8 Å². The predicted octanol–water partition coefficient (Wildman–Crippen LogP) is 3.22. The summed E-state index contributed by atoms with van der Waals surface area (Å²) in [7, 11) is 0. The lowest BCUT2D eigenvalue weighted by Gasteiger charge is -2.70. The normalized spacial score (nSPS) is 50.6. The third-order valence-corrected chi connectivity index (χ3v) is 15.4. The van der Waals surface area contributed by atoms with Gasteiger partial charge in [-0.25, -0.2) is 0 Å². The summed E-state index contributed by atoms with van der Waals surface area (Å²) in [6.45, 7) is 15.6. The van der Waals surface area contributed by atoms with Gasteiger partial charge in [0, 0.05) is 18.8 Å². The number of carbonyl (C=O) groups is 3. The molecule has 282 valence electrons. The highest BCUT2D eigenvalue weighted by Gasteiger charge is 2.75. The Kier molecular flexibility index (Phi) is 9.42. The number of rotatable bonds is 7. The number of allylic oxidation sites excluding steroid dienone is 1. The van der Waals surface area contributed by atoms with Crippen molar-refractivity contribution in [3.63, 3.8) is 0 Å². The fraction of sp³-hybridized carbons (Fsp3) is 0.868. The van der Waals surface area contributed by atoms with Gasteiger partial charge in [-0.05, 0) is 72.0 Å². The molecule has 0 unspecified atom stereocenters. The minimum Gasteiger partial charge on any atom is -0.481 e. The first-order valence-corrected chi connectivity index (χ1v) is 18.5. The van der Waals surface area contributed by atoms with Crippen molar-refractivity contribution in [1.82, 2.24) is 0 Å². The first-order valence-electron chi connectivity index (χ1n) is 18.5. The van der Waals surface area contributed by atoms with E-state index in [1.807, 2.05) is 6.92 Å². The summed E-state index contributed by atoms with van der Waals surface area (Å²) in [6, 6.07) is 0. The zero-order valence-corrected chi connectivity index (χ0v) is 30.8. The number of carboxylic acid groups (broad SMARTS) is 1. The van der Waals surface area contributed by atoms with E-state index in [1.165, 1.54) is 6.92 Å². The number of hydrogen-bond acceptors (Lipinski definition) is 11. The lowest BCUT2D eigenvalue weighted by Crippen LogP contribution is -2.72. The molecule has 6 aliphatic rings. The smallest absolute Gasteiger partial charge is 0.316 e. The molecule has 0 aromatic heterocycles. The lowest BCUT2D eigenvalue weighted by atomic mass is 9.34. The van der Waals surface area contributed by atoms with Crippen molar-refractivity contribution in [3.05, 3.63) is 11.6 Å². The Hall–Kier alpha value is -2.09. The van der Waals surface area contributed by atoms with Crippen LogP contribution < -0.4 is 0 Å². The molecule has 2 heterocycles. The topological polar surface area (TPSA) is 189 Å². The van der Waals surface area contributed by atoms with Gasteiger partial charge in [-0.2, -0.15) is 0 Å². The number of hydrogen-bond donors (Lipinski definition) is 5. The number of aliphatic hydroxyl groups excluding tert-OH is 4. The molecule has 5 fully saturated rings. The van der Waals surface area contributed by atoms with Crippen molar-refractivity contribution >= 4 is 17.9 Å². The zero-order chi connectivity index (χ0) is 36.9. The molecule has 12 nitrogen and oxygen atoms in total. The van der Waals surface area contributed by atoms with Gasteiger partial charge in [0.05, 0.1) is 24.5 Å². The molecule has 3 saturated carbocycles. The van der Waals surface area contributed by atoms with Gasteiger partial charge in [-0.1, -0.05) is 60.1 Å². The highest BCUT2D eigenvalue weighted by Crippen LogP contribution is 2.75. The van der Waals surface area contributed by atoms with Crippen LogP contribution in [0.3, 0.4) is 0 Å². The van der Waals surface area contributed by atoms with Crippen molar-refractivity contribution in [3.8, 4) is 0 Å². The van der Waals surface area contributed by atoms with Crippen LogP contribution in [0, 0.1) is 56.7 Å². The average molecular weight is 707 g/mol. The zero-order valence-electron chi connectivity index (χ0n) is 30.8. The number of cyclic esters (lactones) is 1. The van der Waals surface area contributed by atoms with E-state index < -0.39 is 94.5 Å². The van der Waals surface area contributed by atoms with Gasteiger partial charge >= 0.3 is 17.9 Å². The number of esters is 2. The summed E-state index contributed by atoms with van der Waals surface area (Å²) in [5.74, 6) is -2.25. The van der Waals surface area contributed by atoms with E-state index in [0.717, 1.165) is 24.8 Å². The standard InChI is InChI=1S/C38H58O12/c1-18(2)19(3)34(5)13-14-36(7)21-9-10-25-35(6)17-47-33(46)38(25,22(21)11-12-37(36,8)29(34)31(44)45)15-23(48-20(4)40)30(35)50-32-28(43)27(42)26(41)24(16-39)49-32/h11,18-19,21,23-30,32,39,41-43H,9-10,12-17H2,1-8H3,(H,44,45)/t19-,21+,23-,24-,25+,26-,27+,28-,29-,30+,32+,34-,35+,36-,37+,38-/m1/s1. The molecule has 50 heavy (non-hydrogen) atoms. The Balaban J connectivity index is 1.43. The second-order valence-electron chi connectivity index (χ2n) is 17.9. The summed E-state index contributed by atoms with van der Waals surface area (Å²) < 4.78 is 24.2. The second kappa shape index (κ2) is 12.5. The van der Waals surface area contributed by atoms with Crippen molar-refractivity contribution in [2.75, 3.05) is 13.2 Å². The number of fused-ring (bicyclic) bond motifs is 3. The Morgan fingerprint density at radius 3 is 2.28 bits per heavy atom. The molecule has 16 atom stereocenters. The maximum atomic E-state index is 14.4. The van der Waals surface area contributed by atoms with Gasteiger partial charge in [0.1, 0.15) is 36.6 Å². The number of carbonyl (C=O) groups excluding carboxylic acids is 2. The fourth-order valence-corrected chi connectivity index (χ4v) is 12.3. The summed E-state index contributed by atoms with van der Waals surface area (Å²) in [5.41, 5.74) is -2.59. The van der Waals surface area contributed by atoms with Gasteiger partial charge < -0.3 is 44.5 Å². The lowest BCUT2D eigenvalue weighted by molar-refractivity contribution is -0.344. The third kappa shape index (κ3) is 5.01. The SMILES string of the molecule is CC(=O)O[C@@H]1C[C@]23C(=O)OC[C@@](C)([C@@H]2CC[C@H]2C3=CC[C@@]3(C)[C@H](C(=O)O)[C@@](C)([C@H](C)C(C)C)CC[C@]23C)[C@H]1O[C@@H]1O[C@H](CO)[C@@H](O)[C@H](O)[C@H]1O. The molecule has 2 bridgehead atoms. The van der Waals surface area contributed by atoms with E-state index in [1.54, 1.807) is 0 Å². The molecule has 12 heteroatoms. The van der Waals surface area contributed by atoms with Crippen molar-refractivity contribution in [2.45, 2.75) is 137 Å². The summed E-state index contributed by atoms with van der Waals surface area (Å²) in [4.78, 5) is 40.4. The molecule has 2 aliphatic heterocycles. The second-order valence-corrected chi connectivity index (χ2v) is 17.9. The highest BCUT2D eigenvalue weighted by molar-refractivity contribution is 5.84. The van der Waals surface area contributed by atoms with Crippen LogP contribution in [-0.4, -0.2) is 99.6 Å². The van der Waals surface area contributed by atoms with E-state index in [2.05, 4.69) is 47.6 Å². The van der Waals surface area contributed by atoms with Crippen LogP contribution in [0.1, 0.15) is 93.9 Å². The maximum Gasteiger partial charge on any atom is 0.316 e. The van der Waals surface area contributed by atoms with Crippen molar-refractivity contribution in [1.29, 1.82) is 0 Å². The molecule has 4 aliphatic carbocycles. The maximum absolute atomic E-state index is 14.4. The summed E-state index contributed by atoms with van der Waals surface area (Å²) in [5, 5.41) is 52.5. The van der Waals surface area contributed by atoms with Crippen LogP contribution in [0.15, 0.2) is 11.6 Å². The molecule has 2 saturated heterocycles. The molecule has 5 N–H and O–H groups in total. The van der Waals surface area contributed by atoms with Crippen LogP contribution in [-0.2, 0) is 33.3 Å². The van der Waals surface area contributed by atoms with Crippen LogP contribution in [0.5, 0.6) is 0 Å². The molecular formula is C38H58O12. The molecule has 0 amide bonds. The summed E-state index contributed by atoms with van der Waals surface area (Å²) in [6.07, 6.45) is -3.92. The van der Waals surface area contributed by atoms with E-state index >= 15 is 0 Å².